The van der Waals surface area contributed by atoms with Crippen molar-refractivity contribution in [3.63, 3.8) is 0 Å². The lowest BCUT2D eigenvalue weighted by Crippen LogP contribution is -1.90. The maximum absolute atomic E-state index is 5.72. The highest BCUT2D eigenvalue weighted by atomic mass is 32.1. The fourth-order valence-corrected chi connectivity index (χ4v) is 4.04. The third-order valence-electron chi connectivity index (χ3n) is 4.61. The average molecular weight is 383 g/mol. The number of hydrogen-bond acceptors (Lipinski definition) is 5. The summed E-state index contributed by atoms with van der Waals surface area (Å²) in [7, 11) is 0. The number of thiazole rings is 1. The molecule has 0 amide bonds. The second-order valence-corrected chi connectivity index (χ2v) is 7.40. The van der Waals surface area contributed by atoms with Crippen LogP contribution in [0.25, 0.3) is 32.9 Å². The quantitative estimate of drug-likeness (QED) is 0.376. The standard InChI is InChI=1S/C23H17N3OS/c1-15-6-2-3-7-18(15)22-25-20(14-28-22)16-10-12-17(13-11-16)24-23-26-19-8-4-5-9-21(19)27-23/h2-14H,1H3,(H,24,26). The van der Waals surface area contributed by atoms with Crippen LogP contribution in [0.4, 0.5) is 11.7 Å². The van der Waals surface area contributed by atoms with Crippen LogP contribution >= 0.6 is 11.3 Å². The van der Waals surface area contributed by atoms with E-state index < -0.39 is 0 Å². The molecule has 0 bridgehead atoms. The minimum atomic E-state index is 0.490. The number of nitrogens with zero attached hydrogens (tertiary/aromatic N) is 2. The number of aromatic nitrogens is 2. The fourth-order valence-electron chi connectivity index (χ4n) is 3.12. The van der Waals surface area contributed by atoms with Crippen molar-refractivity contribution in [1.82, 2.24) is 9.97 Å². The van der Waals surface area contributed by atoms with Gasteiger partial charge in [0.15, 0.2) is 5.58 Å². The third-order valence-corrected chi connectivity index (χ3v) is 5.48. The van der Waals surface area contributed by atoms with Crippen molar-refractivity contribution in [2.75, 3.05) is 5.32 Å². The SMILES string of the molecule is Cc1ccccc1-c1nc(-c2ccc(Nc3nc4ccccc4o3)cc2)cs1. The predicted octanol–water partition coefficient (Wildman–Crippen LogP) is 6.67. The highest BCUT2D eigenvalue weighted by molar-refractivity contribution is 7.13. The zero-order chi connectivity index (χ0) is 18.9. The summed E-state index contributed by atoms with van der Waals surface area (Å²) >= 11 is 1.67. The molecule has 1 N–H and O–H groups in total. The topological polar surface area (TPSA) is 51.0 Å². The van der Waals surface area contributed by atoms with Crippen molar-refractivity contribution in [1.29, 1.82) is 0 Å². The average Bonchev–Trinajstić information content (AvgIpc) is 3.36. The molecule has 0 fully saturated rings. The Morgan fingerprint density at radius 2 is 1.64 bits per heavy atom. The zero-order valence-electron chi connectivity index (χ0n) is 15.2. The van der Waals surface area contributed by atoms with E-state index in [0.29, 0.717) is 6.01 Å². The van der Waals surface area contributed by atoms with Gasteiger partial charge in [0.25, 0.3) is 6.01 Å². The van der Waals surface area contributed by atoms with Gasteiger partial charge >= 0.3 is 0 Å². The first kappa shape index (κ1) is 16.7. The van der Waals surface area contributed by atoms with Crippen LogP contribution in [-0.4, -0.2) is 9.97 Å². The molecule has 5 rings (SSSR count). The molecule has 28 heavy (non-hydrogen) atoms. The summed E-state index contributed by atoms with van der Waals surface area (Å²) in [5, 5.41) is 6.36. The number of oxazole rings is 1. The number of para-hydroxylation sites is 2. The largest absolute Gasteiger partial charge is 0.423 e. The highest BCUT2D eigenvalue weighted by Crippen LogP contribution is 2.31. The van der Waals surface area contributed by atoms with Crippen molar-refractivity contribution < 1.29 is 4.42 Å². The number of rotatable bonds is 4. The Kier molecular flexibility index (Phi) is 4.14. The molecule has 136 valence electrons. The lowest BCUT2D eigenvalue weighted by Gasteiger charge is -2.03. The minimum absolute atomic E-state index is 0.490. The van der Waals surface area contributed by atoms with Gasteiger partial charge in [0.1, 0.15) is 10.5 Å². The predicted molar refractivity (Wildman–Crippen MR) is 115 cm³/mol. The van der Waals surface area contributed by atoms with E-state index in [1.54, 1.807) is 11.3 Å². The second kappa shape index (κ2) is 6.94. The molecule has 2 heterocycles. The van der Waals surface area contributed by atoms with Crippen LogP contribution in [0.1, 0.15) is 5.56 Å². The Morgan fingerprint density at radius 1 is 0.857 bits per heavy atom. The van der Waals surface area contributed by atoms with Gasteiger partial charge in [-0.15, -0.1) is 11.3 Å². The van der Waals surface area contributed by atoms with Gasteiger partial charge in [0, 0.05) is 22.2 Å². The molecular weight excluding hydrogens is 366 g/mol. The van der Waals surface area contributed by atoms with Crippen molar-refractivity contribution >= 4 is 34.1 Å². The molecule has 5 heteroatoms. The summed E-state index contributed by atoms with van der Waals surface area (Å²) in [6.45, 7) is 2.11. The number of aryl methyl sites for hydroxylation is 1. The van der Waals surface area contributed by atoms with E-state index in [4.69, 9.17) is 9.40 Å². The third kappa shape index (κ3) is 3.17. The van der Waals surface area contributed by atoms with Crippen molar-refractivity contribution in [2.45, 2.75) is 6.92 Å². The summed E-state index contributed by atoms with van der Waals surface area (Å²) in [5.41, 5.74) is 7.02. The molecule has 5 aromatic rings. The smallest absolute Gasteiger partial charge is 0.300 e. The number of fused-ring (bicyclic) bond motifs is 1. The molecule has 0 radical (unpaired) electrons. The van der Waals surface area contributed by atoms with Gasteiger partial charge in [0.05, 0.1) is 5.69 Å². The number of anilines is 2. The summed E-state index contributed by atoms with van der Waals surface area (Å²) in [6.07, 6.45) is 0. The maximum atomic E-state index is 5.72. The van der Waals surface area contributed by atoms with Gasteiger partial charge in [-0.25, -0.2) is 4.98 Å². The summed E-state index contributed by atoms with van der Waals surface area (Å²) < 4.78 is 5.72. The van der Waals surface area contributed by atoms with Crippen LogP contribution in [-0.2, 0) is 0 Å². The molecule has 0 spiro atoms. The molecule has 4 nitrogen and oxygen atoms in total. The number of benzene rings is 3. The molecule has 0 atom stereocenters. The minimum Gasteiger partial charge on any atom is -0.423 e. The molecule has 2 aromatic heterocycles. The van der Waals surface area contributed by atoms with Gasteiger partial charge in [-0.1, -0.05) is 48.5 Å². The maximum Gasteiger partial charge on any atom is 0.300 e. The van der Waals surface area contributed by atoms with E-state index >= 15 is 0 Å². The molecule has 0 aliphatic carbocycles. The molecule has 0 saturated carbocycles. The van der Waals surface area contributed by atoms with E-state index in [1.807, 2.05) is 36.4 Å². The van der Waals surface area contributed by atoms with Crippen LogP contribution in [0, 0.1) is 6.92 Å². The van der Waals surface area contributed by atoms with Crippen LogP contribution in [0.5, 0.6) is 0 Å². The van der Waals surface area contributed by atoms with Gasteiger partial charge in [-0.3, -0.25) is 0 Å². The first-order valence-electron chi connectivity index (χ1n) is 9.01. The first-order valence-corrected chi connectivity index (χ1v) is 9.89. The van der Waals surface area contributed by atoms with Gasteiger partial charge in [-0.05, 0) is 36.8 Å². The Balaban J connectivity index is 1.37. The Hall–Kier alpha value is -3.44. The second-order valence-electron chi connectivity index (χ2n) is 6.54. The Bertz CT molecular complexity index is 1220. The normalized spacial score (nSPS) is 11.0. The molecular formula is C23H17N3OS. The monoisotopic (exact) mass is 383 g/mol. The first-order chi connectivity index (χ1) is 13.8. The van der Waals surface area contributed by atoms with E-state index in [1.165, 1.54) is 11.1 Å². The highest BCUT2D eigenvalue weighted by Gasteiger charge is 2.09. The zero-order valence-corrected chi connectivity index (χ0v) is 16.0. The van der Waals surface area contributed by atoms with Crippen molar-refractivity contribution in [3.8, 4) is 21.8 Å². The Morgan fingerprint density at radius 3 is 2.46 bits per heavy atom. The van der Waals surface area contributed by atoms with Gasteiger partial charge in [0.2, 0.25) is 0 Å². The number of hydrogen-bond donors (Lipinski definition) is 1. The van der Waals surface area contributed by atoms with Crippen molar-refractivity contribution in [3.05, 3.63) is 83.7 Å². The summed E-state index contributed by atoms with van der Waals surface area (Å²) in [6, 6.07) is 24.7. The van der Waals surface area contributed by atoms with E-state index in [2.05, 4.69) is 59.0 Å². The summed E-state index contributed by atoms with van der Waals surface area (Å²) in [4.78, 5) is 9.27. The molecule has 0 aliphatic rings. The molecule has 3 aromatic carbocycles. The lowest BCUT2D eigenvalue weighted by molar-refractivity contribution is 0.623. The van der Waals surface area contributed by atoms with E-state index in [-0.39, 0.29) is 0 Å². The van der Waals surface area contributed by atoms with Crippen LogP contribution in [0.2, 0.25) is 0 Å². The van der Waals surface area contributed by atoms with Crippen LogP contribution in [0.3, 0.4) is 0 Å². The summed E-state index contributed by atoms with van der Waals surface area (Å²) in [5.74, 6) is 0. The fraction of sp³-hybridized carbons (Fsp3) is 0.0435. The lowest BCUT2D eigenvalue weighted by atomic mass is 10.1. The van der Waals surface area contributed by atoms with Gasteiger partial charge in [-0.2, -0.15) is 4.98 Å². The van der Waals surface area contributed by atoms with Crippen LogP contribution < -0.4 is 5.32 Å². The van der Waals surface area contributed by atoms with Gasteiger partial charge < -0.3 is 9.73 Å². The van der Waals surface area contributed by atoms with E-state index in [9.17, 15) is 0 Å². The van der Waals surface area contributed by atoms with Crippen molar-refractivity contribution in [2.24, 2.45) is 0 Å². The Labute approximate surface area is 166 Å². The molecule has 0 unspecified atom stereocenters. The van der Waals surface area contributed by atoms with Crippen LogP contribution in [0.15, 0.2) is 82.6 Å². The van der Waals surface area contributed by atoms with E-state index in [0.717, 1.165) is 33.1 Å². The molecule has 0 aliphatic heterocycles. The molecule has 0 saturated heterocycles. The number of nitrogens with one attached hydrogen (secondary N) is 1.